The average molecular weight is 247 g/mol. The zero-order chi connectivity index (χ0) is 13.1. The van der Waals surface area contributed by atoms with Gasteiger partial charge in [-0.2, -0.15) is 0 Å². The molecule has 0 atom stereocenters. The summed E-state index contributed by atoms with van der Waals surface area (Å²) in [5.74, 6) is 0.162. The van der Waals surface area contributed by atoms with Crippen molar-refractivity contribution in [3.63, 3.8) is 0 Å². The van der Waals surface area contributed by atoms with E-state index in [1.165, 1.54) is 18.5 Å². The van der Waals surface area contributed by atoms with Crippen molar-refractivity contribution in [2.75, 3.05) is 0 Å². The van der Waals surface area contributed by atoms with Gasteiger partial charge in [0, 0.05) is 18.3 Å². The molecule has 0 aliphatic carbocycles. The van der Waals surface area contributed by atoms with E-state index in [1.54, 1.807) is 6.92 Å². The van der Waals surface area contributed by atoms with Gasteiger partial charge in [-0.25, -0.2) is 0 Å². The fourth-order valence-electron chi connectivity index (χ4n) is 1.60. The largest absolute Gasteiger partial charge is 0.505 e. The van der Waals surface area contributed by atoms with Gasteiger partial charge >= 0.3 is 0 Å². The average Bonchev–Trinajstić information content (AvgIpc) is 2.67. The summed E-state index contributed by atoms with van der Waals surface area (Å²) in [4.78, 5) is 15.5. The summed E-state index contributed by atoms with van der Waals surface area (Å²) in [6.07, 6.45) is 2.68. The van der Waals surface area contributed by atoms with Crippen molar-refractivity contribution in [1.29, 1.82) is 0 Å². The van der Waals surface area contributed by atoms with E-state index in [0.717, 1.165) is 11.3 Å². The lowest BCUT2D eigenvalue weighted by Crippen LogP contribution is -2.23. The van der Waals surface area contributed by atoms with Crippen LogP contribution in [-0.4, -0.2) is 21.2 Å². The number of aromatic nitrogens is 2. The van der Waals surface area contributed by atoms with Crippen LogP contribution in [0.15, 0.2) is 23.0 Å². The number of pyridine rings is 1. The Kier molecular flexibility index (Phi) is 3.27. The molecule has 6 heteroatoms. The van der Waals surface area contributed by atoms with Gasteiger partial charge in [0.05, 0.1) is 17.5 Å². The van der Waals surface area contributed by atoms with E-state index in [1.807, 2.05) is 6.92 Å². The third-order valence-corrected chi connectivity index (χ3v) is 2.65. The van der Waals surface area contributed by atoms with Crippen molar-refractivity contribution in [2.24, 2.45) is 0 Å². The minimum Gasteiger partial charge on any atom is -0.505 e. The zero-order valence-electron chi connectivity index (χ0n) is 10.1. The van der Waals surface area contributed by atoms with E-state index in [4.69, 9.17) is 4.52 Å². The fraction of sp³-hybridized carbons (Fsp3) is 0.250. The normalized spacial score (nSPS) is 10.3. The van der Waals surface area contributed by atoms with E-state index >= 15 is 0 Å². The molecule has 1 amide bonds. The highest BCUT2D eigenvalue weighted by molar-refractivity contribution is 5.96. The monoisotopic (exact) mass is 247 g/mol. The second-order valence-corrected chi connectivity index (χ2v) is 3.88. The molecule has 0 aliphatic rings. The Hall–Kier alpha value is -2.37. The van der Waals surface area contributed by atoms with Gasteiger partial charge in [0.25, 0.3) is 5.91 Å². The number of hydrogen-bond acceptors (Lipinski definition) is 5. The van der Waals surface area contributed by atoms with Gasteiger partial charge in [0.15, 0.2) is 0 Å². The molecule has 0 unspecified atom stereocenters. The Morgan fingerprint density at radius 3 is 2.89 bits per heavy atom. The number of rotatable bonds is 3. The first-order chi connectivity index (χ1) is 8.59. The lowest BCUT2D eigenvalue weighted by atomic mass is 10.2. The molecule has 2 aromatic heterocycles. The van der Waals surface area contributed by atoms with Gasteiger partial charge in [-0.3, -0.25) is 9.78 Å². The molecule has 2 rings (SSSR count). The fourth-order valence-corrected chi connectivity index (χ4v) is 1.60. The molecule has 0 saturated carbocycles. The molecule has 0 aromatic carbocycles. The molecule has 0 aliphatic heterocycles. The number of hydrogen-bond donors (Lipinski definition) is 2. The molecular weight excluding hydrogens is 234 g/mol. The van der Waals surface area contributed by atoms with Crippen LogP contribution in [0.1, 0.15) is 27.4 Å². The number of aromatic hydroxyl groups is 1. The van der Waals surface area contributed by atoms with Crippen LogP contribution in [0.25, 0.3) is 0 Å². The van der Waals surface area contributed by atoms with E-state index in [-0.39, 0.29) is 17.2 Å². The number of carbonyl (C=O) groups is 1. The standard InChI is InChI=1S/C12H13N3O3/c1-7-10(8(2)18-15-7)5-14-12(17)9-3-4-13-6-11(9)16/h3-4,6,16H,5H2,1-2H3,(H,14,17). The third-order valence-electron chi connectivity index (χ3n) is 2.65. The lowest BCUT2D eigenvalue weighted by molar-refractivity contribution is 0.0948. The summed E-state index contributed by atoms with van der Waals surface area (Å²) in [6, 6.07) is 1.46. The Morgan fingerprint density at radius 2 is 2.28 bits per heavy atom. The van der Waals surface area contributed by atoms with Crippen molar-refractivity contribution >= 4 is 5.91 Å². The Labute approximate surface area is 104 Å². The molecule has 0 bridgehead atoms. The maximum absolute atomic E-state index is 11.8. The number of aryl methyl sites for hydroxylation is 2. The second-order valence-electron chi connectivity index (χ2n) is 3.88. The number of nitrogens with zero attached hydrogens (tertiary/aromatic N) is 2. The predicted molar refractivity (Wildman–Crippen MR) is 63.0 cm³/mol. The van der Waals surface area contributed by atoms with Gasteiger partial charge < -0.3 is 14.9 Å². The molecule has 18 heavy (non-hydrogen) atoms. The molecule has 0 fully saturated rings. The Balaban J connectivity index is 2.08. The van der Waals surface area contributed by atoms with Crippen LogP contribution >= 0.6 is 0 Å². The van der Waals surface area contributed by atoms with Gasteiger partial charge in [0.2, 0.25) is 0 Å². The summed E-state index contributed by atoms with van der Waals surface area (Å²) in [7, 11) is 0. The van der Waals surface area contributed by atoms with Gasteiger partial charge in [0.1, 0.15) is 11.5 Å². The van der Waals surface area contributed by atoms with E-state index < -0.39 is 0 Å². The van der Waals surface area contributed by atoms with E-state index in [2.05, 4.69) is 15.5 Å². The predicted octanol–water partition coefficient (Wildman–Crippen LogP) is 1.32. The number of amides is 1. The van der Waals surface area contributed by atoms with Crippen LogP contribution in [0.2, 0.25) is 0 Å². The molecule has 2 N–H and O–H groups in total. The van der Waals surface area contributed by atoms with Crippen LogP contribution in [-0.2, 0) is 6.54 Å². The van der Waals surface area contributed by atoms with Crippen molar-refractivity contribution < 1.29 is 14.4 Å². The summed E-state index contributed by atoms with van der Waals surface area (Å²) < 4.78 is 5.00. The molecule has 0 radical (unpaired) electrons. The summed E-state index contributed by atoms with van der Waals surface area (Å²) >= 11 is 0. The lowest BCUT2D eigenvalue weighted by Gasteiger charge is -2.05. The molecule has 94 valence electrons. The maximum atomic E-state index is 11.8. The quantitative estimate of drug-likeness (QED) is 0.854. The van der Waals surface area contributed by atoms with Crippen molar-refractivity contribution in [1.82, 2.24) is 15.5 Å². The molecule has 0 spiro atoms. The van der Waals surface area contributed by atoms with Crippen LogP contribution < -0.4 is 5.32 Å². The van der Waals surface area contributed by atoms with Gasteiger partial charge in [-0.05, 0) is 19.9 Å². The first-order valence-electron chi connectivity index (χ1n) is 5.42. The van der Waals surface area contributed by atoms with Crippen molar-refractivity contribution in [2.45, 2.75) is 20.4 Å². The molecular formula is C12H13N3O3. The molecule has 0 saturated heterocycles. The van der Waals surface area contributed by atoms with Crippen LogP contribution in [0, 0.1) is 13.8 Å². The highest BCUT2D eigenvalue weighted by Crippen LogP contribution is 2.15. The molecule has 2 heterocycles. The topological polar surface area (TPSA) is 88.3 Å². The van der Waals surface area contributed by atoms with Crippen LogP contribution in [0.5, 0.6) is 5.75 Å². The van der Waals surface area contributed by atoms with Crippen molar-refractivity contribution in [3.8, 4) is 5.75 Å². The van der Waals surface area contributed by atoms with Crippen LogP contribution in [0.3, 0.4) is 0 Å². The zero-order valence-corrected chi connectivity index (χ0v) is 10.1. The summed E-state index contributed by atoms with van der Waals surface area (Å²) in [6.45, 7) is 3.90. The Bertz CT molecular complexity index is 558. The highest BCUT2D eigenvalue weighted by Gasteiger charge is 2.13. The number of nitrogens with one attached hydrogen (secondary N) is 1. The van der Waals surface area contributed by atoms with E-state index in [0.29, 0.717) is 12.3 Å². The maximum Gasteiger partial charge on any atom is 0.255 e. The van der Waals surface area contributed by atoms with E-state index in [9.17, 15) is 9.90 Å². The van der Waals surface area contributed by atoms with Gasteiger partial charge in [-0.15, -0.1) is 0 Å². The minimum absolute atomic E-state index is 0.145. The van der Waals surface area contributed by atoms with Crippen LogP contribution in [0.4, 0.5) is 0 Å². The summed E-state index contributed by atoms with van der Waals surface area (Å²) in [5, 5.41) is 16.0. The number of carbonyl (C=O) groups excluding carboxylic acids is 1. The van der Waals surface area contributed by atoms with Gasteiger partial charge in [-0.1, -0.05) is 5.16 Å². The van der Waals surface area contributed by atoms with Crippen molar-refractivity contribution in [3.05, 3.63) is 41.0 Å². The molecule has 6 nitrogen and oxygen atoms in total. The second kappa shape index (κ2) is 4.87. The third kappa shape index (κ3) is 2.32. The minimum atomic E-state index is -0.366. The highest BCUT2D eigenvalue weighted by atomic mass is 16.5. The smallest absolute Gasteiger partial charge is 0.255 e. The molecule has 2 aromatic rings. The first-order valence-corrected chi connectivity index (χ1v) is 5.42. The first kappa shape index (κ1) is 12.1. The summed E-state index contributed by atoms with van der Waals surface area (Å²) in [5.41, 5.74) is 1.78. The Morgan fingerprint density at radius 1 is 1.50 bits per heavy atom. The SMILES string of the molecule is Cc1noc(C)c1CNC(=O)c1ccncc1O.